The van der Waals surface area contributed by atoms with Gasteiger partial charge >= 0.3 is 0 Å². The van der Waals surface area contributed by atoms with Crippen LogP contribution in [0.2, 0.25) is 0 Å². The van der Waals surface area contributed by atoms with Gasteiger partial charge in [-0.3, -0.25) is 14.4 Å². The smallest absolute Gasteiger partial charge is 0.273 e. The van der Waals surface area contributed by atoms with Crippen molar-refractivity contribution in [2.75, 3.05) is 26.2 Å². The summed E-state index contributed by atoms with van der Waals surface area (Å²) >= 11 is 1.23. The summed E-state index contributed by atoms with van der Waals surface area (Å²) in [7, 11) is 0. The van der Waals surface area contributed by atoms with E-state index in [1.54, 1.807) is 16.3 Å². The predicted octanol–water partition coefficient (Wildman–Crippen LogP) is 2.63. The number of H-pyrrole nitrogens is 2. The molecule has 4 heterocycles. The van der Waals surface area contributed by atoms with E-state index in [1.165, 1.54) is 28.4 Å². The number of fused-ring (bicyclic) bond motifs is 1. The van der Waals surface area contributed by atoms with Gasteiger partial charge in [-0.15, -0.1) is 17.8 Å². The lowest BCUT2D eigenvalue weighted by atomic mass is 10.0. The van der Waals surface area contributed by atoms with Crippen molar-refractivity contribution in [3.8, 4) is 12.3 Å². The van der Waals surface area contributed by atoms with Crippen molar-refractivity contribution in [3.63, 3.8) is 0 Å². The molecular weight excluding hydrogens is 495 g/mol. The van der Waals surface area contributed by atoms with Crippen molar-refractivity contribution in [1.82, 2.24) is 30.0 Å². The largest absolute Gasteiger partial charge is 0.361 e. The molecule has 0 radical (unpaired) electrons. The van der Waals surface area contributed by atoms with Crippen LogP contribution in [0.15, 0.2) is 28.4 Å². The molecule has 0 saturated carbocycles. The number of halogens is 1. The van der Waals surface area contributed by atoms with Crippen molar-refractivity contribution >= 4 is 33.9 Å². The van der Waals surface area contributed by atoms with E-state index >= 15 is 0 Å². The van der Waals surface area contributed by atoms with Crippen LogP contribution in [0.25, 0.3) is 10.8 Å². The number of piperazine rings is 1. The number of aromatic nitrogens is 4. The van der Waals surface area contributed by atoms with Gasteiger partial charge in [-0.25, -0.2) is 14.5 Å². The Hall–Kier alpha value is -4.30. The zero-order valence-corrected chi connectivity index (χ0v) is 21.0. The quantitative estimate of drug-likeness (QED) is 0.403. The maximum Gasteiger partial charge on any atom is 0.273 e. The standard InChI is InChI=1S/C26H23FN6O3S/c1-4-21-29-20(13-37-21)26(36)33-9-7-32(8-10-33)25(35)17-11-16(5-6-18(17)27)12-19-22-14(2)28-15(3)23(22)24(34)31-30-19/h1,5-6,11,13,28H,7-10,12H2,2-3H3,(H,31,34). The molecule has 1 aliphatic rings. The highest BCUT2D eigenvalue weighted by Gasteiger charge is 2.28. The third-order valence-corrected chi connectivity index (χ3v) is 7.29. The van der Waals surface area contributed by atoms with Crippen molar-refractivity contribution in [3.05, 3.63) is 78.7 Å². The molecule has 3 aromatic heterocycles. The van der Waals surface area contributed by atoms with E-state index in [1.807, 2.05) is 13.8 Å². The zero-order chi connectivity index (χ0) is 26.3. The average Bonchev–Trinajstić information content (AvgIpc) is 3.50. The number of aryl methyl sites for hydroxylation is 2. The summed E-state index contributed by atoms with van der Waals surface area (Å²) in [6.07, 6.45) is 5.64. The first-order valence-corrected chi connectivity index (χ1v) is 12.5. The van der Waals surface area contributed by atoms with Gasteiger partial charge in [0.1, 0.15) is 11.5 Å². The summed E-state index contributed by atoms with van der Waals surface area (Å²) in [6, 6.07) is 4.40. The van der Waals surface area contributed by atoms with Crippen LogP contribution in [0.4, 0.5) is 4.39 Å². The van der Waals surface area contributed by atoms with Gasteiger partial charge in [0.05, 0.1) is 16.6 Å². The normalized spacial score (nSPS) is 13.7. The Morgan fingerprint density at radius 1 is 1.11 bits per heavy atom. The van der Waals surface area contributed by atoms with E-state index < -0.39 is 11.7 Å². The van der Waals surface area contributed by atoms with Crippen LogP contribution in [0.3, 0.4) is 0 Å². The minimum absolute atomic E-state index is 0.0434. The highest BCUT2D eigenvalue weighted by atomic mass is 32.1. The molecule has 0 aliphatic carbocycles. The number of carbonyl (C=O) groups is 2. The highest BCUT2D eigenvalue weighted by molar-refractivity contribution is 7.10. The van der Waals surface area contributed by atoms with Gasteiger partial charge in [-0.1, -0.05) is 6.07 Å². The Balaban J connectivity index is 1.32. The summed E-state index contributed by atoms with van der Waals surface area (Å²) in [5.41, 5.74) is 2.84. The second kappa shape index (κ2) is 9.63. The highest BCUT2D eigenvalue weighted by Crippen LogP contribution is 2.24. The maximum absolute atomic E-state index is 14.7. The van der Waals surface area contributed by atoms with Crippen LogP contribution in [0, 0.1) is 32.0 Å². The maximum atomic E-state index is 14.7. The lowest BCUT2D eigenvalue weighted by Crippen LogP contribution is -2.50. The molecule has 1 fully saturated rings. The van der Waals surface area contributed by atoms with Crippen molar-refractivity contribution in [2.24, 2.45) is 0 Å². The number of rotatable bonds is 4. The van der Waals surface area contributed by atoms with E-state index in [-0.39, 0.29) is 35.8 Å². The first-order chi connectivity index (χ1) is 17.8. The molecule has 2 N–H and O–H groups in total. The first-order valence-electron chi connectivity index (χ1n) is 11.6. The molecule has 4 aromatic rings. The van der Waals surface area contributed by atoms with Crippen LogP contribution in [0.5, 0.6) is 0 Å². The van der Waals surface area contributed by atoms with Gasteiger partial charge < -0.3 is 14.8 Å². The molecular formula is C26H23FN6O3S. The number of hydrogen-bond acceptors (Lipinski definition) is 6. The zero-order valence-electron chi connectivity index (χ0n) is 20.2. The minimum Gasteiger partial charge on any atom is -0.361 e. The van der Waals surface area contributed by atoms with E-state index in [0.29, 0.717) is 41.2 Å². The third-order valence-electron chi connectivity index (χ3n) is 6.52. The number of aromatic amines is 2. The molecule has 5 rings (SSSR count). The summed E-state index contributed by atoms with van der Waals surface area (Å²) in [5, 5.41) is 10.1. The van der Waals surface area contributed by atoms with Gasteiger partial charge in [-0.05, 0) is 37.5 Å². The van der Waals surface area contributed by atoms with E-state index in [0.717, 1.165) is 16.8 Å². The number of nitrogens with one attached hydrogen (secondary N) is 2. The number of hydrogen-bond donors (Lipinski definition) is 2. The number of benzene rings is 1. The second-order valence-electron chi connectivity index (χ2n) is 8.88. The molecule has 2 amide bonds. The van der Waals surface area contributed by atoms with Crippen molar-refractivity contribution in [2.45, 2.75) is 20.3 Å². The Morgan fingerprint density at radius 3 is 2.46 bits per heavy atom. The molecule has 11 heteroatoms. The predicted molar refractivity (Wildman–Crippen MR) is 137 cm³/mol. The molecule has 1 saturated heterocycles. The molecule has 0 atom stereocenters. The topological polar surface area (TPSA) is 115 Å². The summed E-state index contributed by atoms with van der Waals surface area (Å²) in [5.74, 6) is 1.11. The van der Waals surface area contributed by atoms with Gasteiger partial charge in [0.25, 0.3) is 17.4 Å². The Kier molecular flexibility index (Phi) is 6.35. The molecule has 37 heavy (non-hydrogen) atoms. The van der Waals surface area contributed by atoms with E-state index in [2.05, 4.69) is 26.1 Å². The lowest BCUT2D eigenvalue weighted by Gasteiger charge is -2.34. The molecule has 0 bridgehead atoms. The Bertz CT molecular complexity index is 1640. The second-order valence-corrected chi connectivity index (χ2v) is 9.74. The van der Waals surface area contributed by atoms with Crippen LogP contribution < -0.4 is 5.56 Å². The number of thiazole rings is 1. The average molecular weight is 519 g/mol. The minimum atomic E-state index is -0.621. The fourth-order valence-corrected chi connectivity index (χ4v) is 5.30. The molecule has 0 unspecified atom stereocenters. The number of nitrogens with zero attached hydrogens (tertiary/aromatic N) is 4. The van der Waals surface area contributed by atoms with Crippen LogP contribution >= 0.6 is 11.3 Å². The van der Waals surface area contributed by atoms with Crippen molar-refractivity contribution < 1.29 is 14.0 Å². The van der Waals surface area contributed by atoms with E-state index in [4.69, 9.17) is 6.42 Å². The Labute approximate surface area is 215 Å². The third kappa shape index (κ3) is 4.51. The van der Waals surface area contributed by atoms with E-state index in [9.17, 15) is 18.8 Å². The molecule has 9 nitrogen and oxygen atoms in total. The lowest BCUT2D eigenvalue weighted by molar-refractivity contribution is 0.0530. The number of terminal acetylenes is 1. The van der Waals surface area contributed by atoms with Crippen molar-refractivity contribution in [1.29, 1.82) is 0 Å². The van der Waals surface area contributed by atoms with Gasteiger partial charge in [0.15, 0.2) is 5.01 Å². The summed E-state index contributed by atoms with van der Waals surface area (Å²) < 4.78 is 14.7. The Morgan fingerprint density at radius 2 is 1.78 bits per heavy atom. The first kappa shape index (κ1) is 24.4. The number of carbonyl (C=O) groups excluding carboxylic acids is 2. The van der Waals surface area contributed by atoms with Gasteiger partial charge in [-0.2, -0.15) is 5.10 Å². The fraction of sp³-hybridized carbons (Fsp3) is 0.269. The fourth-order valence-electron chi connectivity index (χ4n) is 4.71. The SMILES string of the molecule is C#Cc1nc(C(=O)N2CCN(C(=O)c3cc(Cc4n[nH]c(=O)c5c(C)[nH]c(C)c45)ccc3F)CC2)cs1. The van der Waals surface area contributed by atoms with Crippen LogP contribution in [-0.4, -0.2) is 68.0 Å². The van der Waals surface area contributed by atoms with Crippen LogP contribution in [-0.2, 0) is 6.42 Å². The monoisotopic (exact) mass is 518 g/mol. The molecule has 0 spiro atoms. The van der Waals surface area contributed by atoms with Crippen LogP contribution in [0.1, 0.15) is 48.5 Å². The van der Waals surface area contributed by atoms with Gasteiger partial charge in [0, 0.05) is 54.8 Å². The van der Waals surface area contributed by atoms with Gasteiger partial charge in [0.2, 0.25) is 0 Å². The summed E-state index contributed by atoms with van der Waals surface area (Å²) in [4.78, 5) is 48.6. The molecule has 1 aromatic carbocycles. The molecule has 188 valence electrons. The summed E-state index contributed by atoms with van der Waals surface area (Å²) in [6.45, 7) is 4.84. The number of amides is 2. The molecule has 1 aliphatic heterocycles.